The van der Waals surface area contributed by atoms with Gasteiger partial charge in [-0.2, -0.15) is 0 Å². The van der Waals surface area contributed by atoms with Crippen LogP contribution in [0.25, 0.3) is 0 Å². The number of aryl methyl sites for hydroxylation is 1. The highest BCUT2D eigenvalue weighted by Gasteiger charge is 1.90. The van der Waals surface area contributed by atoms with E-state index in [9.17, 15) is 0 Å². The molecule has 0 radical (unpaired) electrons. The Morgan fingerprint density at radius 1 is 1.07 bits per heavy atom. The van der Waals surface area contributed by atoms with E-state index in [1.807, 2.05) is 34.6 Å². The lowest BCUT2D eigenvalue weighted by atomic mass is 10.1. The van der Waals surface area contributed by atoms with Gasteiger partial charge in [-0.05, 0) is 19.4 Å². The summed E-state index contributed by atoms with van der Waals surface area (Å²) < 4.78 is 5.27. The van der Waals surface area contributed by atoms with Gasteiger partial charge < -0.3 is 4.74 Å². The van der Waals surface area contributed by atoms with Crippen LogP contribution in [-0.2, 0) is 11.3 Å². The standard InChI is InChI=1S/C10H14O.2C2H6/c1-3-11-8-10-6-4-5-9(2)7-10;2*1-2/h4-7H,3,8H2,1-2H3;2*1-2H3. The Bertz CT molecular complexity index is 218. The van der Waals surface area contributed by atoms with Crippen molar-refractivity contribution in [3.05, 3.63) is 35.4 Å². The van der Waals surface area contributed by atoms with Gasteiger partial charge in [0.1, 0.15) is 0 Å². The molecule has 0 N–H and O–H groups in total. The average molecular weight is 210 g/mol. The van der Waals surface area contributed by atoms with Crippen LogP contribution in [0, 0.1) is 6.92 Å². The second-order valence-corrected chi connectivity index (χ2v) is 2.63. The van der Waals surface area contributed by atoms with Gasteiger partial charge in [0.15, 0.2) is 0 Å². The molecule has 0 spiro atoms. The highest BCUT2D eigenvalue weighted by Crippen LogP contribution is 2.04. The van der Waals surface area contributed by atoms with Crippen LogP contribution >= 0.6 is 0 Å². The maximum atomic E-state index is 5.27. The molecule has 0 aromatic heterocycles. The predicted octanol–water partition coefficient (Wildman–Crippen LogP) is 4.58. The molecule has 0 bridgehead atoms. The molecular formula is C14H26O. The fourth-order valence-corrected chi connectivity index (χ4v) is 1.02. The van der Waals surface area contributed by atoms with E-state index in [0.717, 1.165) is 13.2 Å². The van der Waals surface area contributed by atoms with Crippen molar-refractivity contribution in [2.75, 3.05) is 6.61 Å². The number of benzene rings is 1. The first-order valence-electron chi connectivity index (χ1n) is 5.96. The van der Waals surface area contributed by atoms with Crippen molar-refractivity contribution in [3.8, 4) is 0 Å². The molecule has 0 fully saturated rings. The van der Waals surface area contributed by atoms with Crippen molar-refractivity contribution >= 4 is 0 Å². The molecule has 15 heavy (non-hydrogen) atoms. The number of ether oxygens (including phenoxy) is 1. The molecule has 0 saturated carbocycles. The van der Waals surface area contributed by atoms with Crippen molar-refractivity contribution in [1.29, 1.82) is 0 Å². The zero-order valence-electron chi connectivity index (χ0n) is 11.1. The van der Waals surface area contributed by atoms with Crippen molar-refractivity contribution in [3.63, 3.8) is 0 Å². The van der Waals surface area contributed by atoms with Gasteiger partial charge in [0.05, 0.1) is 6.61 Å². The fraction of sp³-hybridized carbons (Fsp3) is 0.571. The molecule has 1 heteroatoms. The summed E-state index contributed by atoms with van der Waals surface area (Å²) in [7, 11) is 0. The number of rotatable bonds is 3. The minimum Gasteiger partial charge on any atom is -0.377 e. The molecule has 1 aromatic rings. The van der Waals surface area contributed by atoms with E-state index in [-0.39, 0.29) is 0 Å². The molecule has 1 rings (SSSR count). The summed E-state index contributed by atoms with van der Waals surface area (Å²) in [6.45, 7) is 13.6. The van der Waals surface area contributed by atoms with Crippen LogP contribution in [0.15, 0.2) is 24.3 Å². The number of hydrogen-bond donors (Lipinski definition) is 0. The summed E-state index contributed by atoms with van der Waals surface area (Å²) >= 11 is 0. The Hall–Kier alpha value is -0.820. The maximum absolute atomic E-state index is 5.27. The third kappa shape index (κ3) is 9.48. The largest absolute Gasteiger partial charge is 0.377 e. The van der Waals surface area contributed by atoms with Crippen LogP contribution in [-0.4, -0.2) is 6.61 Å². The van der Waals surface area contributed by atoms with E-state index in [2.05, 4.69) is 31.2 Å². The van der Waals surface area contributed by atoms with E-state index in [1.165, 1.54) is 11.1 Å². The fourth-order valence-electron chi connectivity index (χ4n) is 1.02. The van der Waals surface area contributed by atoms with Crippen LogP contribution in [0.2, 0.25) is 0 Å². The molecule has 88 valence electrons. The maximum Gasteiger partial charge on any atom is 0.0716 e. The topological polar surface area (TPSA) is 9.23 Å². The Morgan fingerprint density at radius 3 is 2.13 bits per heavy atom. The lowest BCUT2D eigenvalue weighted by molar-refractivity contribution is 0.134. The van der Waals surface area contributed by atoms with Gasteiger partial charge in [-0.3, -0.25) is 0 Å². The first-order valence-corrected chi connectivity index (χ1v) is 5.96. The highest BCUT2D eigenvalue weighted by molar-refractivity contribution is 5.21. The summed E-state index contributed by atoms with van der Waals surface area (Å²) in [5, 5.41) is 0. The Balaban J connectivity index is 0. The van der Waals surface area contributed by atoms with Gasteiger partial charge in [-0.1, -0.05) is 57.5 Å². The summed E-state index contributed by atoms with van der Waals surface area (Å²) in [4.78, 5) is 0. The molecular weight excluding hydrogens is 184 g/mol. The molecule has 1 aromatic carbocycles. The summed E-state index contributed by atoms with van der Waals surface area (Å²) in [6.07, 6.45) is 0. The van der Waals surface area contributed by atoms with Crippen LogP contribution in [0.1, 0.15) is 45.7 Å². The smallest absolute Gasteiger partial charge is 0.0716 e. The minimum absolute atomic E-state index is 0.734. The van der Waals surface area contributed by atoms with Crippen LogP contribution in [0.4, 0.5) is 0 Å². The van der Waals surface area contributed by atoms with Crippen molar-refractivity contribution in [2.45, 2.75) is 48.1 Å². The van der Waals surface area contributed by atoms with Gasteiger partial charge in [0, 0.05) is 6.61 Å². The Kier molecular flexibility index (Phi) is 14.6. The third-order valence-electron chi connectivity index (χ3n) is 1.56. The summed E-state index contributed by atoms with van der Waals surface area (Å²) in [6, 6.07) is 8.39. The average Bonchev–Trinajstić information content (AvgIpc) is 2.32. The highest BCUT2D eigenvalue weighted by atomic mass is 16.5. The molecule has 0 aliphatic heterocycles. The van der Waals surface area contributed by atoms with Gasteiger partial charge >= 0.3 is 0 Å². The normalized spacial score (nSPS) is 8.13. The predicted molar refractivity (Wildman–Crippen MR) is 69.2 cm³/mol. The minimum atomic E-state index is 0.734. The van der Waals surface area contributed by atoms with Crippen LogP contribution in [0.3, 0.4) is 0 Å². The summed E-state index contributed by atoms with van der Waals surface area (Å²) in [5.74, 6) is 0. The SMILES string of the molecule is CC.CC.CCOCc1cccc(C)c1. The van der Waals surface area contributed by atoms with E-state index in [1.54, 1.807) is 0 Å². The molecule has 1 nitrogen and oxygen atoms in total. The lowest BCUT2D eigenvalue weighted by Gasteiger charge is -2.01. The van der Waals surface area contributed by atoms with E-state index in [0.29, 0.717) is 0 Å². The van der Waals surface area contributed by atoms with E-state index < -0.39 is 0 Å². The van der Waals surface area contributed by atoms with E-state index in [4.69, 9.17) is 4.74 Å². The molecule has 0 amide bonds. The van der Waals surface area contributed by atoms with Crippen LogP contribution in [0.5, 0.6) is 0 Å². The van der Waals surface area contributed by atoms with Gasteiger partial charge in [-0.15, -0.1) is 0 Å². The van der Waals surface area contributed by atoms with Crippen LogP contribution < -0.4 is 0 Å². The van der Waals surface area contributed by atoms with E-state index >= 15 is 0 Å². The molecule has 0 aliphatic carbocycles. The third-order valence-corrected chi connectivity index (χ3v) is 1.56. The second-order valence-electron chi connectivity index (χ2n) is 2.63. The van der Waals surface area contributed by atoms with Crippen molar-refractivity contribution in [1.82, 2.24) is 0 Å². The molecule has 0 atom stereocenters. The van der Waals surface area contributed by atoms with Gasteiger partial charge in [0.25, 0.3) is 0 Å². The first-order chi connectivity index (χ1) is 7.33. The van der Waals surface area contributed by atoms with Gasteiger partial charge in [-0.25, -0.2) is 0 Å². The molecule has 0 unspecified atom stereocenters. The van der Waals surface area contributed by atoms with Crippen molar-refractivity contribution < 1.29 is 4.74 Å². The zero-order valence-corrected chi connectivity index (χ0v) is 11.1. The number of hydrogen-bond acceptors (Lipinski definition) is 1. The lowest BCUT2D eigenvalue weighted by Crippen LogP contribution is -1.91. The molecule has 0 heterocycles. The van der Waals surface area contributed by atoms with Crippen molar-refractivity contribution in [2.24, 2.45) is 0 Å². The summed E-state index contributed by atoms with van der Waals surface area (Å²) in [5.41, 5.74) is 2.55. The Morgan fingerprint density at radius 2 is 1.67 bits per heavy atom. The second kappa shape index (κ2) is 13.2. The first kappa shape index (κ1) is 16.6. The van der Waals surface area contributed by atoms with Gasteiger partial charge in [0.2, 0.25) is 0 Å². The zero-order chi connectivity index (χ0) is 12.1. The Labute approximate surface area is 95.5 Å². The quantitative estimate of drug-likeness (QED) is 0.709. The molecule has 0 aliphatic rings. The monoisotopic (exact) mass is 210 g/mol. The molecule has 0 saturated heterocycles.